The molecule has 0 radical (unpaired) electrons. The molecule has 1 aliphatic heterocycles. The molecule has 1 rings (SSSR count). The summed E-state index contributed by atoms with van der Waals surface area (Å²) in [5.41, 5.74) is 0. The summed E-state index contributed by atoms with van der Waals surface area (Å²) >= 11 is 0. The minimum atomic E-state index is -0.700. The fraction of sp³-hybridized carbons (Fsp3) is 0.917. The second kappa shape index (κ2) is 7.63. The number of hydrogen-bond donors (Lipinski definition) is 1. The van der Waals surface area contributed by atoms with Crippen molar-refractivity contribution in [2.75, 3.05) is 26.8 Å². The summed E-state index contributed by atoms with van der Waals surface area (Å²) in [5.74, 6) is -0.700. The molecular formula is C12H23NO3. The maximum atomic E-state index is 10.3. The van der Waals surface area contributed by atoms with Gasteiger partial charge in [-0.05, 0) is 39.3 Å². The van der Waals surface area contributed by atoms with E-state index >= 15 is 0 Å². The molecule has 0 aliphatic carbocycles. The topological polar surface area (TPSA) is 49.8 Å². The van der Waals surface area contributed by atoms with Crippen LogP contribution in [0.4, 0.5) is 0 Å². The van der Waals surface area contributed by atoms with Crippen molar-refractivity contribution in [3.8, 4) is 0 Å². The zero-order valence-corrected chi connectivity index (χ0v) is 10.2. The standard InChI is InChI=1S/C12H23NO3/c1-13-8-5-6-11(13)10-16-9-4-2-3-7-12(14)15/h11H,2-10H2,1H3,(H,14,15)/t11-/m0/s1. The fourth-order valence-electron chi connectivity index (χ4n) is 2.07. The van der Waals surface area contributed by atoms with E-state index in [9.17, 15) is 4.79 Å². The highest BCUT2D eigenvalue weighted by molar-refractivity contribution is 5.66. The van der Waals surface area contributed by atoms with Gasteiger partial charge in [0.25, 0.3) is 0 Å². The molecule has 1 atom stereocenters. The first kappa shape index (κ1) is 13.5. The van der Waals surface area contributed by atoms with Gasteiger partial charge in [-0.15, -0.1) is 0 Å². The largest absolute Gasteiger partial charge is 0.481 e. The number of carboxylic acids is 1. The molecule has 94 valence electrons. The van der Waals surface area contributed by atoms with E-state index in [0.29, 0.717) is 6.04 Å². The number of ether oxygens (including phenoxy) is 1. The molecule has 4 heteroatoms. The Morgan fingerprint density at radius 1 is 1.44 bits per heavy atom. The molecule has 0 amide bonds. The lowest BCUT2D eigenvalue weighted by Crippen LogP contribution is -2.29. The molecule has 1 aliphatic rings. The summed E-state index contributed by atoms with van der Waals surface area (Å²) in [4.78, 5) is 12.6. The summed E-state index contributed by atoms with van der Waals surface area (Å²) in [6.45, 7) is 2.78. The maximum absolute atomic E-state index is 10.3. The number of likely N-dealkylation sites (tertiary alicyclic amines) is 1. The van der Waals surface area contributed by atoms with Gasteiger partial charge in [0.05, 0.1) is 6.61 Å². The van der Waals surface area contributed by atoms with Gasteiger partial charge in [-0.25, -0.2) is 0 Å². The normalized spacial score (nSPS) is 21.4. The van der Waals surface area contributed by atoms with Gasteiger partial charge in [-0.1, -0.05) is 6.42 Å². The van der Waals surface area contributed by atoms with Crippen molar-refractivity contribution in [3.63, 3.8) is 0 Å². The van der Waals surface area contributed by atoms with Crippen LogP contribution in [0.1, 0.15) is 38.5 Å². The third-order valence-corrected chi connectivity index (χ3v) is 3.16. The van der Waals surface area contributed by atoms with E-state index in [1.54, 1.807) is 0 Å². The van der Waals surface area contributed by atoms with Gasteiger partial charge >= 0.3 is 5.97 Å². The SMILES string of the molecule is CN1CCC[C@H]1COCCCCCC(=O)O. The molecule has 0 saturated carbocycles. The number of nitrogens with zero attached hydrogens (tertiary/aromatic N) is 1. The monoisotopic (exact) mass is 229 g/mol. The van der Waals surface area contributed by atoms with Gasteiger partial charge in [0.1, 0.15) is 0 Å². The van der Waals surface area contributed by atoms with E-state index in [0.717, 1.165) is 32.5 Å². The van der Waals surface area contributed by atoms with Crippen LogP contribution in [0.15, 0.2) is 0 Å². The molecular weight excluding hydrogens is 206 g/mol. The number of unbranched alkanes of at least 4 members (excludes halogenated alkanes) is 2. The summed E-state index contributed by atoms with van der Waals surface area (Å²) in [5, 5.41) is 8.45. The average Bonchev–Trinajstić information content (AvgIpc) is 2.62. The molecule has 4 nitrogen and oxygen atoms in total. The Morgan fingerprint density at radius 3 is 2.88 bits per heavy atom. The zero-order valence-electron chi connectivity index (χ0n) is 10.2. The molecule has 1 fully saturated rings. The van der Waals surface area contributed by atoms with E-state index in [1.165, 1.54) is 19.4 Å². The number of hydrogen-bond acceptors (Lipinski definition) is 3. The molecule has 0 bridgehead atoms. The van der Waals surface area contributed by atoms with Crippen molar-refractivity contribution in [1.29, 1.82) is 0 Å². The highest BCUT2D eigenvalue weighted by Crippen LogP contribution is 2.14. The van der Waals surface area contributed by atoms with Crippen LogP contribution in [0.25, 0.3) is 0 Å². The Bertz CT molecular complexity index is 208. The fourth-order valence-corrected chi connectivity index (χ4v) is 2.07. The lowest BCUT2D eigenvalue weighted by molar-refractivity contribution is -0.137. The lowest BCUT2D eigenvalue weighted by Gasteiger charge is -2.18. The third kappa shape index (κ3) is 5.47. The minimum Gasteiger partial charge on any atom is -0.481 e. The van der Waals surface area contributed by atoms with Crippen LogP contribution in [-0.2, 0) is 9.53 Å². The molecule has 16 heavy (non-hydrogen) atoms. The molecule has 0 aromatic heterocycles. The summed E-state index contributed by atoms with van der Waals surface area (Å²) in [6.07, 6.45) is 5.50. The van der Waals surface area contributed by atoms with Crippen LogP contribution >= 0.6 is 0 Å². The molecule has 1 N–H and O–H groups in total. The Kier molecular flexibility index (Phi) is 6.42. The van der Waals surface area contributed by atoms with Gasteiger partial charge < -0.3 is 14.7 Å². The van der Waals surface area contributed by atoms with Crippen molar-refractivity contribution in [1.82, 2.24) is 4.90 Å². The van der Waals surface area contributed by atoms with E-state index in [2.05, 4.69) is 11.9 Å². The van der Waals surface area contributed by atoms with Crippen LogP contribution in [0, 0.1) is 0 Å². The smallest absolute Gasteiger partial charge is 0.303 e. The van der Waals surface area contributed by atoms with Crippen molar-refractivity contribution >= 4 is 5.97 Å². The number of aliphatic carboxylic acids is 1. The van der Waals surface area contributed by atoms with Crippen LogP contribution in [0.5, 0.6) is 0 Å². The molecule has 1 saturated heterocycles. The predicted octanol–water partition coefficient (Wildman–Crippen LogP) is 1.74. The van der Waals surface area contributed by atoms with Gasteiger partial charge in [-0.3, -0.25) is 4.79 Å². The number of carboxylic acid groups (broad SMARTS) is 1. The first-order valence-electron chi connectivity index (χ1n) is 6.20. The Balaban J connectivity index is 1.86. The highest BCUT2D eigenvalue weighted by Gasteiger charge is 2.20. The summed E-state index contributed by atoms with van der Waals surface area (Å²) in [7, 11) is 2.15. The number of rotatable bonds is 8. The first-order valence-corrected chi connectivity index (χ1v) is 6.20. The number of likely N-dealkylation sites (N-methyl/N-ethyl adjacent to an activating group) is 1. The molecule has 0 spiro atoms. The van der Waals surface area contributed by atoms with Gasteiger partial charge in [0.2, 0.25) is 0 Å². The number of carbonyl (C=O) groups is 1. The molecule has 0 aromatic rings. The van der Waals surface area contributed by atoms with Crippen LogP contribution < -0.4 is 0 Å². The first-order chi connectivity index (χ1) is 7.70. The quantitative estimate of drug-likeness (QED) is 0.644. The highest BCUT2D eigenvalue weighted by atomic mass is 16.5. The maximum Gasteiger partial charge on any atom is 0.303 e. The molecule has 0 aromatic carbocycles. The van der Waals surface area contributed by atoms with Gasteiger partial charge in [0, 0.05) is 19.1 Å². The van der Waals surface area contributed by atoms with E-state index < -0.39 is 5.97 Å². The Morgan fingerprint density at radius 2 is 2.25 bits per heavy atom. The second-order valence-corrected chi connectivity index (χ2v) is 4.56. The second-order valence-electron chi connectivity index (χ2n) is 4.56. The van der Waals surface area contributed by atoms with Gasteiger partial charge in [0.15, 0.2) is 0 Å². The van der Waals surface area contributed by atoms with Crippen molar-refractivity contribution in [3.05, 3.63) is 0 Å². The Labute approximate surface area is 97.6 Å². The van der Waals surface area contributed by atoms with Crippen LogP contribution in [0.3, 0.4) is 0 Å². The third-order valence-electron chi connectivity index (χ3n) is 3.16. The molecule has 1 heterocycles. The van der Waals surface area contributed by atoms with Crippen molar-refractivity contribution in [2.45, 2.75) is 44.6 Å². The minimum absolute atomic E-state index is 0.283. The van der Waals surface area contributed by atoms with E-state index in [4.69, 9.17) is 9.84 Å². The van der Waals surface area contributed by atoms with E-state index in [1.807, 2.05) is 0 Å². The van der Waals surface area contributed by atoms with Gasteiger partial charge in [-0.2, -0.15) is 0 Å². The predicted molar refractivity (Wildman–Crippen MR) is 62.6 cm³/mol. The summed E-state index contributed by atoms with van der Waals surface area (Å²) < 4.78 is 5.61. The summed E-state index contributed by atoms with van der Waals surface area (Å²) in [6, 6.07) is 0.596. The van der Waals surface area contributed by atoms with Crippen molar-refractivity contribution < 1.29 is 14.6 Å². The van der Waals surface area contributed by atoms with E-state index in [-0.39, 0.29) is 6.42 Å². The van der Waals surface area contributed by atoms with Crippen LogP contribution in [-0.4, -0.2) is 48.8 Å². The molecule has 0 unspecified atom stereocenters. The zero-order chi connectivity index (χ0) is 11.8. The Hall–Kier alpha value is -0.610. The van der Waals surface area contributed by atoms with Crippen molar-refractivity contribution in [2.24, 2.45) is 0 Å². The lowest BCUT2D eigenvalue weighted by atomic mass is 10.2. The van der Waals surface area contributed by atoms with Crippen LogP contribution in [0.2, 0.25) is 0 Å². The average molecular weight is 229 g/mol.